The quantitative estimate of drug-likeness (QED) is 0.661. The van der Waals surface area contributed by atoms with Crippen molar-refractivity contribution in [3.05, 3.63) is 0 Å². The molecule has 1 atom stereocenters. The van der Waals surface area contributed by atoms with Gasteiger partial charge in [-0.15, -0.1) is 0 Å². The minimum Gasteiger partial charge on any atom is -0.402 e. The molecule has 6 nitrogen and oxygen atoms in total. The maximum Gasteiger partial charge on any atom is 0.370 e. The Morgan fingerprint density at radius 2 is 1.67 bits per heavy atom. The molecule has 1 aliphatic heterocycles. The van der Waals surface area contributed by atoms with E-state index in [1.165, 1.54) is 12.8 Å². The zero-order valence-electron chi connectivity index (χ0n) is 14.3. The smallest absolute Gasteiger partial charge is 0.370 e. The molecule has 2 N–H and O–H groups in total. The molecule has 1 heterocycles. The van der Waals surface area contributed by atoms with Gasteiger partial charge in [-0.25, -0.2) is 0 Å². The summed E-state index contributed by atoms with van der Waals surface area (Å²) in [5, 5.41) is -0.200. The summed E-state index contributed by atoms with van der Waals surface area (Å²) in [7, 11) is 5.81. The SMILES string of the molecule is COC1(CCCN)CCCC[Si]1(OC)OC.CO[SiH2]OC. The highest BCUT2D eigenvalue weighted by Crippen LogP contribution is 2.42. The van der Waals surface area contributed by atoms with Crippen molar-refractivity contribution in [2.24, 2.45) is 5.73 Å². The number of methoxy groups -OCH3 is 1. The van der Waals surface area contributed by atoms with Crippen molar-refractivity contribution in [3.8, 4) is 0 Å². The highest BCUT2D eigenvalue weighted by atomic mass is 28.4. The summed E-state index contributed by atoms with van der Waals surface area (Å²) in [5.41, 5.74) is 5.61. The average Bonchev–Trinajstić information content (AvgIpc) is 2.54. The minimum atomic E-state index is -2.23. The third-order valence-corrected chi connectivity index (χ3v) is 9.00. The van der Waals surface area contributed by atoms with E-state index in [1.807, 2.05) is 0 Å². The second-order valence-corrected chi connectivity index (χ2v) is 10.3. The van der Waals surface area contributed by atoms with Crippen molar-refractivity contribution in [1.29, 1.82) is 0 Å². The molecule has 21 heavy (non-hydrogen) atoms. The van der Waals surface area contributed by atoms with E-state index in [-0.39, 0.29) is 5.22 Å². The highest BCUT2D eigenvalue weighted by molar-refractivity contribution is 6.70. The van der Waals surface area contributed by atoms with Crippen LogP contribution in [0, 0.1) is 0 Å². The van der Waals surface area contributed by atoms with Crippen LogP contribution in [-0.4, -0.2) is 65.9 Å². The third kappa shape index (κ3) is 5.72. The molecule has 0 aliphatic carbocycles. The van der Waals surface area contributed by atoms with Crippen LogP contribution in [-0.2, 0) is 22.4 Å². The molecule has 0 bridgehead atoms. The average molecular weight is 340 g/mol. The number of ether oxygens (including phenoxy) is 1. The van der Waals surface area contributed by atoms with Gasteiger partial charge in [-0.05, 0) is 31.9 Å². The Morgan fingerprint density at radius 1 is 1.05 bits per heavy atom. The van der Waals surface area contributed by atoms with Crippen LogP contribution in [0.5, 0.6) is 0 Å². The molecule has 0 amide bonds. The van der Waals surface area contributed by atoms with E-state index in [0.29, 0.717) is 6.54 Å². The molecular formula is C13H33NO5Si2. The fourth-order valence-electron chi connectivity index (χ4n) is 3.03. The van der Waals surface area contributed by atoms with Crippen LogP contribution in [0.1, 0.15) is 32.1 Å². The normalized spacial score (nSPS) is 24.3. The molecule has 1 aliphatic rings. The van der Waals surface area contributed by atoms with Gasteiger partial charge >= 0.3 is 18.6 Å². The molecule has 1 fully saturated rings. The van der Waals surface area contributed by atoms with E-state index in [1.54, 1.807) is 35.5 Å². The van der Waals surface area contributed by atoms with Crippen LogP contribution in [0.4, 0.5) is 0 Å². The second kappa shape index (κ2) is 11.7. The van der Waals surface area contributed by atoms with Crippen molar-refractivity contribution < 1.29 is 22.4 Å². The summed E-state index contributed by atoms with van der Waals surface area (Å²) in [5.74, 6) is 0. The van der Waals surface area contributed by atoms with Gasteiger partial charge in [0.05, 0.1) is 0 Å². The van der Waals surface area contributed by atoms with Crippen molar-refractivity contribution in [1.82, 2.24) is 0 Å². The van der Waals surface area contributed by atoms with Crippen molar-refractivity contribution >= 4 is 18.6 Å². The Kier molecular flexibility index (Phi) is 11.8. The molecule has 0 aromatic carbocycles. The first-order chi connectivity index (χ1) is 10.1. The molecule has 0 saturated carbocycles. The van der Waals surface area contributed by atoms with Crippen LogP contribution >= 0.6 is 0 Å². The lowest BCUT2D eigenvalue weighted by Gasteiger charge is -2.48. The molecule has 0 spiro atoms. The van der Waals surface area contributed by atoms with E-state index in [0.717, 1.165) is 25.3 Å². The number of rotatable bonds is 8. The van der Waals surface area contributed by atoms with Gasteiger partial charge in [0.25, 0.3) is 0 Å². The first kappa shape index (κ1) is 21.2. The maximum atomic E-state index is 5.83. The minimum absolute atomic E-state index is 0.200. The standard InChI is InChI=1S/C11H25NO3Si.C2H8O2Si/c1-13-11(8-6-9-12)7-4-5-10-16(11,14-2)15-3;1-3-5-4-2/h4-10,12H2,1-3H3;5H2,1-2H3. The van der Waals surface area contributed by atoms with Crippen LogP contribution < -0.4 is 5.73 Å². The van der Waals surface area contributed by atoms with Crippen LogP contribution in [0.3, 0.4) is 0 Å². The Balaban J connectivity index is 0.000000690. The topological polar surface area (TPSA) is 72.2 Å². The van der Waals surface area contributed by atoms with E-state index >= 15 is 0 Å². The Morgan fingerprint density at radius 3 is 2.05 bits per heavy atom. The molecule has 1 rings (SSSR count). The van der Waals surface area contributed by atoms with Gasteiger partial charge in [0, 0.05) is 35.5 Å². The van der Waals surface area contributed by atoms with Crippen molar-refractivity contribution in [3.63, 3.8) is 0 Å². The van der Waals surface area contributed by atoms with Gasteiger partial charge in [0.1, 0.15) is 5.22 Å². The predicted molar refractivity (Wildman–Crippen MR) is 89.0 cm³/mol. The van der Waals surface area contributed by atoms with Crippen LogP contribution in [0.15, 0.2) is 0 Å². The van der Waals surface area contributed by atoms with Crippen LogP contribution in [0.2, 0.25) is 6.04 Å². The lowest BCUT2D eigenvalue weighted by Crippen LogP contribution is -2.64. The lowest BCUT2D eigenvalue weighted by molar-refractivity contribution is -0.0153. The van der Waals surface area contributed by atoms with Gasteiger partial charge in [-0.3, -0.25) is 0 Å². The largest absolute Gasteiger partial charge is 0.402 e. The Hall–Kier alpha value is 0.194. The monoisotopic (exact) mass is 339 g/mol. The Labute approximate surface area is 132 Å². The third-order valence-electron chi connectivity index (χ3n) is 4.10. The molecule has 1 unspecified atom stereocenters. The van der Waals surface area contributed by atoms with Crippen molar-refractivity contribution in [2.75, 3.05) is 42.1 Å². The molecule has 128 valence electrons. The summed E-state index contributed by atoms with van der Waals surface area (Å²) in [6.45, 7) is 0.697. The molecule has 0 radical (unpaired) electrons. The second-order valence-electron chi connectivity index (χ2n) is 5.15. The summed E-state index contributed by atoms with van der Waals surface area (Å²) < 4.78 is 26.6. The summed E-state index contributed by atoms with van der Waals surface area (Å²) in [4.78, 5) is 0. The highest BCUT2D eigenvalue weighted by Gasteiger charge is 2.58. The van der Waals surface area contributed by atoms with Crippen molar-refractivity contribution in [2.45, 2.75) is 43.4 Å². The van der Waals surface area contributed by atoms with Gasteiger partial charge in [-0.1, -0.05) is 12.8 Å². The van der Waals surface area contributed by atoms with Gasteiger partial charge in [0.2, 0.25) is 0 Å². The zero-order valence-corrected chi connectivity index (χ0v) is 16.7. The summed E-state index contributed by atoms with van der Waals surface area (Å²) in [6, 6.07) is 1.03. The molecule has 0 aromatic rings. The first-order valence-corrected chi connectivity index (χ1v) is 10.6. The fourth-order valence-corrected chi connectivity index (χ4v) is 7.18. The van der Waals surface area contributed by atoms with Crippen LogP contribution in [0.25, 0.3) is 0 Å². The van der Waals surface area contributed by atoms with E-state index in [2.05, 4.69) is 8.85 Å². The molecule has 8 heteroatoms. The number of nitrogens with two attached hydrogens (primary N) is 1. The van der Waals surface area contributed by atoms with Gasteiger partial charge < -0.3 is 28.2 Å². The van der Waals surface area contributed by atoms with Gasteiger partial charge in [-0.2, -0.15) is 0 Å². The summed E-state index contributed by atoms with van der Waals surface area (Å²) >= 11 is 0. The van der Waals surface area contributed by atoms with Gasteiger partial charge in [0.15, 0.2) is 0 Å². The lowest BCUT2D eigenvalue weighted by atomic mass is 10.1. The van der Waals surface area contributed by atoms with E-state index in [9.17, 15) is 0 Å². The first-order valence-electron chi connectivity index (χ1n) is 7.45. The molecule has 1 saturated heterocycles. The number of hydrogen-bond acceptors (Lipinski definition) is 6. The number of hydrogen-bond donors (Lipinski definition) is 1. The fraction of sp³-hybridized carbons (Fsp3) is 1.00. The summed E-state index contributed by atoms with van der Waals surface area (Å²) in [6.07, 6.45) is 5.34. The molecule has 0 aromatic heterocycles. The van der Waals surface area contributed by atoms with E-state index in [4.69, 9.17) is 19.3 Å². The zero-order chi connectivity index (χ0) is 16.2. The molecular weight excluding hydrogens is 306 g/mol. The maximum absolute atomic E-state index is 5.83. The predicted octanol–water partition coefficient (Wildman–Crippen LogP) is 0.847. The Bertz CT molecular complexity index is 255. The van der Waals surface area contributed by atoms with E-state index < -0.39 is 18.6 Å².